The molecule has 4 nitrogen and oxygen atoms in total. The third-order valence-electron chi connectivity index (χ3n) is 4.37. The number of allylic oxidation sites excluding steroid dienone is 1. The molecule has 0 bridgehead atoms. The number of furan rings is 1. The average Bonchev–Trinajstić information content (AvgIpc) is 3.18. The Morgan fingerprint density at radius 3 is 2.69 bits per heavy atom. The van der Waals surface area contributed by atoms with E-state index in [2.05, 4.69) is 22.0 Å². The van der Waals surface area contributed by atoms with Crippen LogP contribution in [-0.2, 0) is 6.61 Å². The molecule has 1 aromatic heterocycles. The zero-order valence-corrected chi connectivity index (χ0v) is 16.9. The summed E-state index contributed by atoms with van der Waals surface area (Å²) < 4.78 is 12.6. The zero-order valence-electron chi connectivity index (χ0n) is 15.3. The van der Waals surface area contributed by atoms with Crippen LogP contribution < -0.4 is 4.74 Å². The second kappa shape index (κ2) is 8.37. The highest BCUT2D eigenvalue weighted by Gasteiger charge is 2.05. The second-order valence-corrected chi connectivity index (χ2v) is 7.41. The highest BCUT2D eigenvalue weighted by molar-refractivity contribution is 9.10. The van der Waals surface area contributed by atoms with Crippen LogP contribution in [0, 0.1) is 0 Å². The number of hydrogen-bond acceptors (Lipinski definition) is 4. The van der Waals surface area contributed by atoms with Crippen molar-refractivity contribution in [3.05, 3.63) is 100 Å². The average molecular weight is 449 g/mol. The normalized spacial score (nSPS) is 11.2. The van der Waals surface area contributed by atoms with E-state index in [1.54, 1.807) is 24.3 Å². The SMILES string of the molecule is O=C(/C=C/c1ccc(COc2ccc3cc(Br)ccc3c2)o1)c1cccc(O)c1. The van der Waals surface area contributed by atoms with E-state index in [-0.39, 0.29) is 18.1 Å². The van der Waals surface area contributed by atoms with E-state index in [9.17, 15) is 9.90 Å². The van der Waals surface area contributed by atoms with E-state index >= 15 is 0 Å². The largest absolute Gasteiger partial charge is 0.508 e. The Labute approximate surface area is 176 Å². The first-order chi connectivity index (χ1) is 14.1. The molecule has 0 radical (unpaired) electrons. The van der Waals surface area contributed by atoms with Gasteiger partial charge in [-0.3, -0.25) is 4.79 Å². The van der Waals surface area contributed by atoms with Gasteiger partial charge < -0.3 is 14.3 Å². The number of aromatic hydroxyl groups is 1. The lowest BCUT2D eigenvalue weighted by molar-refractivity contribution is 0.104. The lowest BCUT2D eigenvalue weighted by atomic mass is 10.1. The summed E-state index contributed by atoms with van der Waals surface area (Å²) in [7, 11) is 0. The minimum absolute atomic E-state index is 0.0583. The third-order valence-corrected chi connectivity index (χ3v) is 4.86. The van der Waals surface area contributed by atoms with Crippen LogP contribution in [-0.4, -0.2) is 10.9 Å². The van der Waals surface area contributed by atoms with Gasteiger partial charge in [0.1, 0.15) is 29.6 Å². The van der Waals surface area contributed by atoms with Crippen molar-refractivity contribution in [2.75, 3.05) is 0 Å². The van der Waals surface area contributed by atoms with Gasteiger partial charge in [-0.15, -0.1) is 0 Å². The standard InChI is InChI=1S/C24H17BrO4/c25-19-6-4-17-14-22(7-5-16(17)12-19)28-15-23-9-8-21(29-23)10-11-24(27)18-2-1-3-20(26)13-18/h1-14,26H,15H2/b11-10+. The number of phenols is 1. The fourth-order valence-electron chi connectivity index (χ4n) is 2.91. The fourth-order valence-corrected chi connectivity index (χ4v) is 3.29. The Hall–Kier alpha value is -3.31. The Bertz CT molecular complexity index is 1210. The Morgan fingerprint density at radius 1 is 1.00 bits per heavy atom. The van der Waals surface area contributed by atoms with Crippen LogP contribution in [0.2, 0.25) is 0 Å². The minimum atomic E-state index is -0.210. The Morgan fingerprint density at radius 2 is 1.83 bits per heavy atom. The van der Waals surface area contributed by atoms with Crippen molar-refractivity contribution in [3.63, 3.8) is 0 Å². The fraction of sp³-hybridized carbons (Fsp3) is 0.0417. The molecule has 3 aromatic carbocycles. The number of rotatable bonds is 6. The summed E-state index contributed by atoms with van der Waals surface area (Å²) in [6, 6.07) is 21.8. The predicted octanol–water partition coefficient (Wildman–Crippen LogP) is 6.38. The summed E-state index contributed by atoms with van der Waals surface area (Å²) in [5, 5.41) is 11.7. The van der Waals surface area contributed by atoms with E-state index in [1.807, 2.05) is 36.4 Å². The molecule has 29 heavy (non-hydrogen) atoms. The zero-order chi connectivity index (χ0) is 20.2. The lowest BCUT2D eigenvalue weighted by Gasteiger charge is -2.06. The number of ketones is 1. The molecule has 0 saturated heterocycles. The summed E-state index contributed by atoms with van der Waals surface area (Å²) in [4.78, 5) is 12.1. The van der Waals surface area contributed by atoms with Crippen LogP contribution in [0.1, 0.15) is 21.9 Å². The summed E-state index contributed by atoms with van der Waals surface area (Å²) >= 11 is 3.47. The van der Waals surface area contributed by atoms with E-state index < -0.39 is 0 Å². The van der Waals surface area contributed by atoms with Crippen molar-refractivity contribution in [2.24, 2.45) is 0 Å². The highest BCUT2D eigenvalue weighted by Crippen LogP contribution is 2.25. The highest BCUT2D eigenvalue weighted by atomic mass is 79.9. The van der Waals surface area contributed by atoms with Gasteiger partial charge in [0.05, 0.1) is 0 Å². The molecule has 0 aliphatic heterocycles. The van der Waals surface area contributed by atoms with E-state index in [0.717, 1.165) is 21.0 Å². The molecule has 4 rings (SSSR count). The van der Waals surface area contributed by atoms with Crippen molar-refractivity contribution in [2.45, 2.75) is 6.61 Å². The maximum atomic E-state index is 12.1. The molecular weight excluding hydrogens is 432 g/mol. The van der Waals surface area contributed by atoms with Crippen molar-refractivity contribution in [3.8, 4) is 11.5 Å². The second-order valence-electron chi connectivity index (χ2n) is 6.49. The number of ether oxygens (including phenoxy) is 1. The van der Waals surface area contributed by atoms with Gasteiger partial charge in [0, 0.05) is 10.0 Å². The molecule has 5 heteroatoms. The molecule has 144 valence electrons. The smallest absolute Gasteiger partial charge is 0.186 e. The Kier molecular flexibility index (Phi) is 5.49. The van der Waals surface area contributed by atoms with Gasteiger partial charge in [0.2, 0.25) is 0 Å². The maximum absolute atomic E-state index is 12.1. The van der Waals surface area contributed by atoms with Crippen molar-refractivity contribution >= 4 is 38.6 Å². The van der Waals surface area contributed by atoms with Crippen LogP contribution in [0.4, 0.5) is 0 Å². The molecule has 0 unspecified atom stereocenters. The number of phenolic OH excluding ortho intramolecular Hbond substituents is 1. The topological polar surface area (TPSA) is 59.7 Å². The van der Waals surface area contributed by atoms with Crippen LogP contribution in [0.15, 0.2) is 87.8 Å². The van der Waals surface area contributed by atoms with Crippen LogP contribution in [0.25, 0.3) is 16.8 Å². The summed E-state index contributed by atoms with van der Waals surface area (Å²) in [6.07, 6.45) is 3.02. The molecule has 0 saturated carbocycles. The van der Waals surface area contributed by atoms with Crippen LogP contribution in [0.3, 0.4) is 0 Å². The quantitative estimate of drug-likeness (QED) is 0.274. The van der Waals surface area contributed by atoms with Gasteiger partial charge in [-0.1, -0.05) is 40.2 Å². The number of carbonyl (C=O) groups is 1. The molecule has 0 amide bonds. The minimum Gasteiger partial charge on any atom is -0.508 e. The summed E-state index contributed by atoms with van der Waals surface area (Å²) in [6.45, 7) is 0.288. The molecule has 1 N–H and O–H groups in total. The molecule has 0 atom stereocenters. The van der Waals surface area contributed by atoms with Gasteiger partial charge in [-0.2, -0.15) is 0 Å². The van der Waals surface area contributed by atoms with Crippen molar-refractivity contribution in [1.29, 1.82) is 0 Å². The van der Waals surface area contributed by atoms with E-state index in [0.29, 0.717) is 17.1 Å². The van der Waals surface area contributed by atoms with Gasteiger partial charge >= 0.3 is 0 Å². The molecule has 0 aliphatic rings. The predicted molar refractivity (Wildman–Crippen MR) is 116 cm³/mol. The number of carbonyl (C=O) groups excluding carboxylic acids is 1. The lowest BCUT2D eigenvalue weighted by Crippen LogP contribution is -1.93. The van der Waals surface area contributed by atoms with Gasteiger partial charge in [-0.25, -0.2) is 0 Å². The summed E-state index contributed by atoms with van der Waals surface area (Å²) in [5.74, 6) is 1.82. The number of halogens is 1. The Balaban J connectivity index is 1.39. The van der Waals surface area contributed by atoms with Crippen molar-refractivity contribution in [1.82, 2.24) is 0 Å². The molecule has 0 aliphatic carbocycles. The van der Waals surface area contributed by atoms with E-state index in [1.165, 1.54) is 18.2 Å². The van der Waals surface area contributed by atoms with Gasteiger partial charge in [-0.05, 0) is 71.5 Å². The van der Waals surface area contributed by atoms with Gasteiger partial charge in [0.15, 0.2) is 5.78 Å². The maximum Gasteiger partial charge on any atom is 0.186 e. The number of benzene rings is 3. The molecule has 1 heterocycles. The molecule has 0 fully saturated rings. The van der Waals surface area contributed by atoms with Gasteiger partial charge in [0.25, 0.3) is 0 Å². The van der Waals surface area contributed by atoms with Crippen molar-refractivity contribution < 1.29 is 19.1 Å². The number of hydrogen-bond donors (Lipinski definition) is 1. The first-order valence-electron chi connectivity index (χ1n) is 8.99. The monoisotopic (exact) mass is 448 g/mol. The molecule has 0 spiro atoms. The third kappa shape index (κ3) is 4.76. The number of fused-ring (bicyclic) bond motifs is 1. The first-order valence-corrected chi connectivity index (χ1v) is 9.78. The van der Waals surface area contributed by atoms with Crippen LogP contribution in [0.5, 0.6) is 11.5 Å². The first kappa shape index (κ1) is 19.0. The van der Waals surface area contributed by atoms with E-state index in [4.69, 9.17) is 9.15 Å². The van der Waals surface area contributed by atoms with Crippen LogP contribution >= 0.6 is 15.9 Å². The molecule has 4 aromatic rings. The molecular formula is C24H17BrO4. The summed E-state index contributed by atoms with van der Waals surface area (Å²) in [5.41, 5.74) is 0.416.